The summed E-state index contributed by atoms with van der Waals surface area (Å²) in [7, 11) is 0. The van der Waals surface area contributed by atoms with Gasteiger partial charge in [0.25, 0.3) is 11.6 Å². The van der Waals surface area contributed by atoms with Gasteiger partial charge in [-0.15, -0.1) is 0 Å². The SMILES string of the molecule is CSCCC(NC(=O)c1ccc([N+](=O)[O-])cc1F)C(=O)O. The first-order valence-corrected chi connectivity index (χ1v) is 7.22. The number of carboxylic acid groups (broad SMARTS) is 1. The van der Waals surface area contributed by atoms with Crippen LogP contribution in [0.1, 0.15) is 16.8 Å². The summed E-state index contributed by atoms with van der Waals surface area (Å²) in [5.41, 5.74) is -0.919. The molecule has 2 N–H and O–H groups in total. The molecule has 1 aromatic rings. The highest BCUT2D eigenvalue weighted by Gasteiger charge is 2.23. The van der Waals surface area contributed by atoms with Gasteiger partial charge in [0, 0.05) is 6.07 Å². The fraction of sp³-hybridized carbons (Fsp3) is 0.333. The highest BCUT2D eigenvalue weighted by atomic mass is 32.2. The van der Waals surface area contributed by atoms with Gasteiger partial charge in [0.1, 0.15) is 11.9 Å². The van der Waals surface area contributed by atoms with Crippen LogP contribution in [-0.4, -0.2) is 40.0 Å². The molecule has 0 aromatic heterocycles. The van der Waals surface area contributed by atoms with Crippen molar-refractivity contribution < 1.29 is 24.0 Å². The maximum atomic E-state index is 13.6. The third kappa shape index (κ3) is 4.71. The van der Waals surface area contributed by atoms with Crippen LogP contribution >= 0.6 is 11.8 Å². The predicted molar refractivity (Wildman–Crippen MR) is 74.9 cm³/mol. The van der Waals surface area contributed by atoms with Gasteiger partial charge in [0.15, 0.2) is 0 Å². The monoisotopic (exact) mass is 316 g/mol. The van der Waals surface area contributed by atoms with Crippen molar-refractivity contribution in [3.8, 4) is 0 Å². The van der Waals surface area contributed by atoms with Crippen LogP contribution in [0, 0.1) is 15.9 Å². The molecule has 1 atom stereocenters. The molecule has 9 heteroatoms. The smallest absolute Gasteiger partial charge is 0.326 e. The Morgan fingerprint density at radius 1 is 1.52 bits per heavy atom. The summed E-state index contributed by atoms with van der Waals surface area (Å²) in [6.45, 7) is 0. The lowest BCUT2D eigenvalue weighted by molar-refractivity contribution is -0.385. The number of carbonyl (C=O) groups is 2. The molecule has 0 radical (unpaired) electrons. The minimum absolute atomic E-state index is 0.191. The zero-order chi connectivity index (χ0) is 16.0. The molecule has 0 saturated heterocycles. The molecule has 0 heterocycles. The first-order valence-electron chi connectivity index (χ1n) is 5.83. The first kappa shape index (κ1) is 16.9. The van der Waals surface area contributed by atoms with Crippen molar-refractivity contribution in [2.24, 2.45) is 0 Å². The molecule has 0 bridgehead atoms. The van der Waals surface area contributed by atoms with Crippen LogP contribution in [0.3, 0.4) is 0 Å². The van der Waals surface area contributed by atoms with Gasteiger partial charge < -0.3 is 10.4 Å². The molecule has 0 saturated carbocycles. The number of hydrogen-bond donors (Lipinski definition) is 2. The second-order valence-electron chi connectivity index (χ2n) is 4.07. The van der Waals surface area contributed by atoms with Crippen LogP contribution in [0.4, 0.5) is 10.1 Å². The summed E-state index contributed by atoms with van der Waals surface area (Å²) in [6, 6.07) is 1.41. The van der Waals surface area contributed by atoms with Crippen LogP contribution in [0.2, 0.25) is 0 Å². The van der Waals surface area contributed by atoms with E-state index in [0.29, 0.717) is 11.8 Å². The van der Waals surface area contributed by atoms with Gasteiger partial charge >= 0.3 is 5.97 Å². The third-order valence-corrected chi connectivity index (χ3v) is 3.27. The zero-order valence-corrected chi connectivity index (χ0v) is 11.9. The number of aliphatic carboxylic acids is 1. The molecule has 1 rings (SSSR count). The molecule has 1 amide bonds. The molecule has 1 unspecified atom stereocenters. The summed E-state index contributed by atoms with van der Waals surface area (Å²) >= 11 is 1.41. The lowest BCUT2D eigenvalue weighted by Crippen LogP contribution is -2.41. The Kier molecular flexibility index (Phi) is 6.10. The molecular weight excluding hydrogens is 303 g/mol. The van der Waals surface area contributed by atoms with E-state index in [2.05, 4.69) is 5.32 Å². The van der Waals surface area contributed by atoms with E-state index < -0.39 is 39.9 Å². The van der Waals surface area contributed by atoms with Gasteiger partial charge in [-0.25, -0.2) is 9.18 Å². The van der Waals surface area contributed by atoms with E-state index in [9.17, 15) is 24.1 Å². The third-order valence-electron chi connectivity index (χ3n) is 2.62. The molecule has 1 aromatic carbocycles. The van der Waals surface area contributed by atoms with E-state index in [4.69, 9.17) is 5.11 Å². The highest BCUT2D eigenvalue weighted by molar-refractivity contribution is 7.98. The number of carbonyl (C=O) groups excluding carboxylic acids is 1. The van der Waals surface area contributed by atoms with E-state index in [0.717, 1.165) is 12.1 Å². The summed E-state index contributed by atoms with van der Waals surface area (Å²) in [5, 5.41) is 21.6. The minimum atomic E-state index is -1.22. The lowest BCUT2D eigenvalue weighted by Gasteiger charge is -2.14. The summed E-state index contributed by atoms with van der Waals surface area (Å²) in [5.74, 6) is -2.70. The van der Waals surface area contributed by atoms with E-state index in [1.54, 1.807) is 6.26 Å². The molecule has 21 heavy (non-hydrogen) atoms. The van der Waals surface area contributed by atoms with Gasteiger partial charge in [0.05, 0.1) is 16.6 Å². The number of halogens is 1. The Bertz CT molecular complexity index is 567. The van der Waals surface area contributed by atoms with Gasteiger partial charge in [0.2, 0.25) is 0 Å². The normalized spacial score (nSPS) is 11.7. The van der Waals surface area contributed by atoms with E-state index in [1.165, 1.54) is 11.8 Å². The van der Waals surface area contributed by atoms with Crippen molar-refractivity contribution in [3.05, 3.63) is 39.7 Å². The van der Waals surface area contributed by atoms with E-state index in [-0.39, 0.29) is 6.42 Å². The summed E-state index contributed by atoms with van der Waals surface area (Å²) < 4.78 is 13.6. The van der Waals surface area contributed by atoms with E-state index >= 15 is 0 Å². The second-order valence-corrected chi connectivity index (χ2v) is 5.05. The molecular formula is C12H13FN2O5S. The lowest BCUT2D eigenvalue weighted by atomic mass is 10.1. The van der Waals surface area contributed by atoms with Crippen molar-refractivity contribution in [3.63, 3.8) is 0 Å². The highest BCUT2D eigenvalue weighted by Crippen LogP contribution is 2.16. The van der Waals surface area contributed by atoms with Gasteiger partial charge in [-0.2, -0.15) is 11.8 Å². The van der Waals surface area contributed by atoms with Crippen LogP contribution in [-0.2, 0) is 4.79 Å². The first-order chi connectivity index (χ1) is 9.86. The number of nitro benzene ring substituents is 1. The summed E-state index contributed by atoms with van der Waals surface area (Å²) in [6.07, 6.45) is 1.98. The number of thioether (sulfide) groups is 1. The number of carboxylic acids is 1. The number of nitro groups is 1. The number of hydrogen-bond acceptors (Lipinski definition) is 5. The van der Waals surface area contributed by atoms with Gasteiger partial charge in [-0.05, 0) is 24.5 Å². The van der Waals surface area contributed by atoms with E-state index in [1.807, 2.05) is 0 Å². The maximum absolute atomic E-state index is 13.6. The number of nitrogens with one attached hydrogen (secondary N) is 1. The van der Waals surface area contributed by atoms with Crippen molar-refractivity contribution >= 4 is 29.3 Å². The van der Waals surface area contributed by atoms with Gasteiger partial charge in [-0.1, -0.05) is 0 Å². The number of amides is 1. The van der Waals surface area contributed by atoms with Crippen LogP contribution in [0.15, 0.2) is 18.2 Å². The maximum Gasteiger partial charge on any atom is 0.326 e. The van der Waals surface area contributed by atoms with Crippen molar-refractivity contribution in [1.29, 1.82) is 0 Å². The molecule has 7 nitrogen and oxygen atoms in total. The Hall–Kier alpha value is -2.16. The van der Waals surface area contributed by atoms with Crippen molar-refractivity contribution in [2.45, 2.75) is 12.5 Å². The number of non-ortho nitro benzene ring substituents is 1. The molecule has 0 fully saturated rings. The summed E-state index contributed by atoms with van der Waals surface area (Å²) in [4.78, 5) is 32.5. The average Bonchev–Trinajstić information content (AvgIpc) is 2.42. The van der Waals surface area contributed by atoms with Gasteiger partial charge in [-0.3, -0.25) is 14.9 Å². The number of rotatable bonds is 7. The van der Waals surface area contributed by atoms with Crippen LogP contribution in [0.5, 0.6) is 0 Å². The Balaban J connectivity index is 2.87. The fourth-order valence-electron chi connectivity index (χ4n) is 1.53. The Morgan fingerprint density at radius 3 is 2.67 bits per heavy atom. The zero-order valence-electron chi connectivity index (χ0n) is 11.0. The fourth-order valence-corrected chi connectivity index (χ4v) is 2.00. The average molecular weight is 316 g/mol. The number of benzene rings is 1. The van der Waals surface area contributed by atoms with Crippen LogP contribution < -0.4 is 5.32 Å². The number of nitrogens with zero attached hydrogens (tertiary/aromatic N) is 1. The standard InChI is InChI=1S/C12H13FN2O5S/c1-21-5-4-10(12(17)18)14-11(16)8-3-2-7(15(19)20)6-9(8)13/h2-3,6,10H,4-5H2,1H3,(H,14,16)(H,17,18). The Labute approximate surface area is 123 Å². The molecule has 0 aliphatic rings. The molecule has 0 aliphatic heterocycles. The van der Waals surface area contributed by atoms with Crippen molar-refractivity contribution in [2.75, 3.05) is 12.0 Å². The quantitative estimate of drug-likeness (QED) is 0.585. The predicted octanol–water partition coefficient (Wildman–Crippen LogP) is 1.67. The van der Waals surface area contributed by atoms with Crippen LogP contribution in [0.25, 0.3) is 0 Å². The molecule has 114 valence electrons. The van der Waals surface area contributed by atoms with Crippen molar-refractivity contribution in [1.82, 2.24) is 5.32 Å². The Morgan fingerprint density at radius 2 is 2.19 bits per heavy atom. The molecule has 0 spiro atoms. The molecule has 0 aliphatic carbocycles. The second kappa shape index (κ2) is 7.58. The minimum Gasteiger partial charge on any atom is -0.480 e. The topological polar surface area (TPSA) is 110 Å². The largest absolute Gasteiger partial charge is 0.480 e.